The van der Waals surface area contributed by atoms with Crippen molar-refractivity contribution in [1.29, 1.82) is 0 Å². The minimum absolute atomic E-state index is 0. The Kier molecular flexibility index (Phi) is 14.3. The summed E-state index contributed by atoms with van der Waals surface area (Å²) in [4.78, 5) is 17.9. The standard InChI is InChI=1S/C10H7NO3.2C3H7NS2.Zn/c12-7-3-1-6-2-4-8(10(13)14)11-9(6)5-7;2*1-4(2)3(5)6;/h1-5,12H,(H,13,14);2*1-2H3,(H,5,6);/q;;;+2/p-2. The monoisotopic (exact) mass is 493 g/mol. The molecule has 1 aromatic carbocycles. The molecule has 0 aliphatic heterocycles. The third kappa shape index (κ3) is 11.9. The molecule has 1 heterocycles. The maximum absolute atomic E-state index is 10.6. The van der Waals surface area contributed by atoms with E-state index in [4.69, 9.17) is 5.11 Å². The van der Waals surface area contributed by atoms with Crippen molar-refractivity contribution >= 4 is 75.2 Å². The molecule has 0 unspecified atom stereocenters. The zero-order valence-electron chi connectivity index (χ0n) is 15.4. The van der Waals surface area contributed by atoms with E-state index in [-0.39, 0.29) is 30.9 Å². The maximum atomic E-state index is 10.6. The smallest absolute Gasteiger partial charge is 0.508 e. The van der Waals surface area contributed by atoms with E-state index >= 15 is 0 Å². The molecule has 0 radical (unpaired) electrons. The summed E-state index contributed by atoms with van der Waals surface area (Å²) in [5, 5.41) is 18.7. The first-order valence-corrected chi connectivity index (χ1v) is 8.68. The molecule has 0 aliphatic carbocycles. The summed E-state index contributed by atoms with van der Waals surface area (Å²) < 4.78 is 1.02. The van der Waals surface area contributed by atoms with Gasteiger partial charge in [-0.05, 0) is 18.2 Å². The molecule has 1 aromatic heterocycles. The van der Waals surface area contributed by atoms with Crippen LogP contribution in [0, 0.1) is 0 Å². The number of thiocarbonyl (C=S) groups is 2. The summed E-state index contributed by atoms with van der Waals surface area (Å²) >= 11 is 18.2. The van der Waals surface area contributed by atoms with Crippen LogP contribution in [0.25, 0.3) is 10.9 Å². The molecule has 0 amide bonds. The Morgan fingerprint density at radius 2 is 1.41 bits per heavy atom. The van der Waals surface area contributed by atoms with Gasteiger partial charge in [-0.3, -0.25) is 0 Å². The second-order valence-electron chi connectivity index (χ2n) is 5.20. The minimum atomic E-state index is -1.07. The van der Waals surface area contributed by atoms with Gasteiger partial charge in [0, 0.05) is 39.6 Å². The second kappa shape index (κ2) is 13.8. The van der Waals surface area contributed by atoms with Gasteiger partial charge in [-0.15, -0.1) is 0 Å². The summed E-state index contributed by atoms with van der Waals surface area (Å²) in [7, 11) is 7.31. The summed E-state index contributed by atoms with van der Waals surface area (Å²) in [5.41, 5.74) is 0.452. The number of hydrogen-bond donors (Lipinski definition) is 2. The SMILES string of the molecule is CN(C)C(=S)[S-].CN(C)C(=S)[S-].O=C(O)c1ccc2ccc(O)cc2n1.[Zn+2]. The average Bonchev–Trinajstić information content (AvgIpc) is 2.54. The molecule has 0 bridgehead atoms. The van der Waals surface area contributed by atoms with E-state index in [9.17, 15) is 9.90 Å². The van der Waals surface area contributed by atoms with E-state index in [1.807, 2.05) is 28.2 Å². The molecule has 6 nitrogen and oxygen atoms in total. The number of aromatic nitrogens is 1. The zero-order valence-corrected chi connectivity index (χ0v) is 21.6. The Balaban J connectivity index is 0. The fourth-order valence-electron chi connectivity index (χ4n) is 1.22. The molecule has 0 saturated heterocycles. The van der Waals surface area contributed by atoms with Gasteiger partial charge in [-0.1, -0.05) is 14.7 Å². The van der Waals surface area contributed by atoms with Crippen molar-refractivity contribution in [3.8, 4) is 5.75 Å². The van der Waals surface area contributed by atoms with Crippen molar-refractivity contribution in [3.63, 3.8) is 0 Å². The third-order valence-electron chi connectivity index (χ3n) is 2.63. The van der Waals surface area contributed by atoms with Crippen molar-refractivity contribution < 1.29 is 34.5 Å². The van der Waals surface area contributed by atoms with Crippen LogP contribution in [0.15, 0.2) is 30.3 Å². The van der Waals surface area contributed by atoms with Crippen LogP contribution in [0.2, 0.25) is 0 Å². The number of carboxylic acids is 1. The first kappa shape index (κ1) is 28.0. The van der Waals surface area contributed by atoms with Crippen molar-refractivity contribution in [2.75, 3.05) is 28.2 Å². The second-order valence-corrected chi connectivity index (χ2v) is 7.26. The first-order valence-electron chi connectivity index (χ1n) is 7.05. The number of rotatable bonds is 1. The van der Waals surface area contributed by atoms with Gasteiger partial charge in [0.2, 0.25) is 0 Å². The quantitative estimate of drug-likeness (QED) is 0.350. The molecule has 0 aliphatic rings. The molecule has 0 spiro atoms. The average molecular weight is 495 g/mol. The largest absolute Gasteiger partial charge is 2.00 e. The van der Waals surface area contributed by atoms with E-state index in [0.717, 1.165) is 5.39 Å². The molecular formula is C16H19N3O3S4Zn. The van der Waals surface area contributed by atoms with Gasteiger partial charge in [-0.25, -0.2) is 9.78 Å². The van der Waals surface area contributed by atoms with Crippen LogP contribution in [0.1, 0.15) is 10.5 Å². The van der Waals surface area contributed by atoms with Crippen LogP contribution in [0.5, 0.6) is 5.75 Å². The van der Waals surface area contributed by atoms with Gasteiger partial charge in [0.1, 0.15) is 11.4 Å². The Hall–Kier alpha value is -1.26. The predicted octanol–water partition coefficient (Wildman–Crippen LogP) is 2.40. The Labute approximate surface area is 193 Å². The number of nitrogens with zero attached hydrogens (tertiary/aromatic N) is 3. The Bertz CT molecular complexity index is 771. The van der Waals surface area contributed by atoms with Crippen LogP contribution in [0.3, 0.4) is 0 Å². The summed E-state index contributed by atoms with van der Waals surface area (Å²) in [6.45, 7) is 0. The van der Waals surface area contributed by atoms with Crippen molar-refractivity contribution in [3.05, 3.63) is 36.0 Å². The Morgan fingerprint density at radius 3 is 1.78 bits per heavy atom. The molecule has 142 valence electrons. The number of fused-ring (bicyclic) bond motifs is 1. The number of phenols is 1. The molecule has 0 atom stereocenters. The predicted molar refractivity (Wildman–Crippen MR) is 118 cm³/mol. The molecule has 2 aromatic rings. The van der Waals surface area contributed by atoms with Crippen molar-refractivity contribution in [1.82, 2.24) is 14.8 Å². The number of aromatic carboxylic acids is 1. The summed E-state index contributed by atoms with van der Waals surface area (Å²) in [6, 6.07) is 7.74. The third-order valence-corrected chi connectivity index (χ3v) is 4.09. The molecule has 2 N–H and O–H groups in total. The number of benzene rings is 1. The van der Waals surface area contributed by atoms with Crippen LogP contribution in [-0.4, -0.2) is 67.8 Å². The number of carboxylic acid groups (broad SMARTS) is 1. The molecular weight excluding hydrogens is 476 g/mol. The first-order chi connectivity index (χ1) is 12.0. The van der Waals surface area contributed by atoms with Gasteiger partial charge in [0.05, 0.1) is 5.52 Å². The van der Waals surface area contributed by atoms with E-state index in [2.05, 4.69) is 54.7 Å². The molecule has 2 rings (SSSR count). The minimum Gasteiger partial charge on any atom is -0.508 e. The molecule has 0 fully saturated rings. The zero-order chi connectivity index (χ0) is 20.4. The number of carbonyl (C=O) groups is 1. The molecule has 0 saturated carbocycles. The van der Waals surface area contributed by atoms with Gasteiger partial charge >= 0.3 is 25.4 Å². The van der Waals surface area contributed by atoms with Gasteiger partial charge in [-0.2, -0.15) is 0 Å². The maximum Gasteiger partial charge on any atom is 2.00 e. The van der Waals surface area contributed by atoms with Crippen LogP contribution in [0.4, 0.5) is 0 Å². The van der Waals surface area contributed by atoms with Crippen molar-refractivity contribution in [2.24, 2.45) is 0 Å². The molecule has 27 heavy (non-hydrogen) atoms. The summed E-state index contributed by atoms with van der Waals surface area (Å²) in [5.74, 6) is -0.997. The van der Waals surface area contributed by atoms with E-state index in [0.29, 0.717) is 14.2 Å². The van der Waals surface area contributed by atoms with Gasteiger partial charge in [0.15, 0.2) is 0 Å². The fraction of sp³-hybridized carbons (Fsp3) is 0.250. The summed E-state index contributed by atoms with van der Waals surface area (Å²) in [6.07, 6.45) is 0. The number of phenolic OH excluding ortho intramolecular Hbond substituents is 1. The Morgan fingerprint density at radius 1 is 1.00 bits per heavy atom. The number of hydrogen-bond acceptors (Lipinski definition) is 7. The van der Waals surface area contributed by atoms with E-state index < -0.39 is 5.97 Å². The van der Waals surface area contributed by atoms with Crippen LogP contribution < -0.4 is 0 Å². The van der Waals surface area contributed by atoms with E-state index in [1.165, 1.54) is 18.2 Å². The van der Waals surface area contributed by atoms with E-state index in [1.54, 1.807) is 21.9 Å². The van der Waals surface area contributed by atoms with Crippen molar-refractivity contribution in [2.45, 2.75) is 0 Å². The normalized spacial score (nSPS) is 8.74. The number of aromatic hydroxyl groups is 1. The van der Waals surface area contributed by atoms with Gasteiger partial charge < -0.3 is 69.7 Å². The van der Waals surface area contributed by atoms with Crippen LogP contribution >= 0.6 is 24.4 Å². The topological polar surface area (TPSA) is 76.9 Å². The fourth-order valence-corrected chi connectivity index (χ4v) is 1.22. The van der Waals surface area contributed by atoms with Gasteiger partial charge in [0.25, 0.3) is 0 Å². The number of pyridine rings is 1. The molecule has 11 heteroatoms. The van der Waals surface area contributed by atoms with Crippen LogP contribution in [-0.2, 0) is 44.7 Å².